The first kappa shape index (κ1) is 30.8. The second-order valence-electron chi connectivity index (χ2n) is 10.7. The van der Waals surface area contributed by atoms with Crippen molar-refractivity contribution in [3.8, 4) is 17.2 Å². The number of ether oxygens (including phenoxy) is 3. The van der Waals surface area contributed by atoms with Crippen molar-refractivity contribution in [3.05, 3.63) is 138 Å². The second-order valence-corrected chi connectivity index (χ2v) is 11.7. The van der Waals surface area contributed by atoms with Crippen LogP contribution in [0.25, 0.3) is 17.5 Å². The quantitative estimate of drug-likeness (QED) is 0.210. The topological polar surface area (TPSA) is 84.1 Å². The van der Waals surface area contributed by atoms with Crippen molar-refractivity contribution in [2.24, 2.45) is 4.99 Å². The molecule has 0 N–H and O–H groups in total. The second kappa shape index (κ2) is 12.6. The Morgan fingerprint density at radius 2 is 1.74 bits per heavy atom. The highest BCUT2D eigenvalue weighted by atomic mass is 32.1. The molecular weight excluding hydrogens is 605 g/mol. The Balaban J connectivity index is 1.64. The minimum atomic E-state index is -0.927. The number of thiazole rings is 1. The molecule has 0 amide bonds. The zero-order chi connectivity index (χ0) is 32.5. The molecule has 0 saturated carbocycles. The van der Waals surface area contributed by atoms with Crippen LogP contribution in [0.15, 0.2) is 94.2 Å². The van der Waals surface area contributed by atoms with Gasteiger partial charge in [0.25, 0.3) is 5.56 Å². The van der Waals surface area contributed by atoms with Gasteiger partial charge in [-0.15, -0.1) is 0 Å². The lowest BCUT2D eigenvalue weighted by atomic mass is 9.92. The molecule has 0 bridgehead atoms. The summed E-state index contributed by atoms with van der Waals surface area (Å²) in [5.74, 6) is -0.0516. The molecule has 2 aromatic heterocycles. The number of fused-ring (bicyclic) bond motifs is 1. The highest BCUT2D eigenvalue weighted by Gasteiger charge is 2.37. The van der Waals surface area contributed by atoms with Crippen LogP contribution in [-0.2, 0) is 9.53 Å². The van der Waals surface area contributed by atoms with Crippen LogP contribution in [0.5, 0.6) is 11.5 Å². The molecule has 8 nitrogen and oxygen atoms in total. The van der Waals surface area contributed by atoms with Gasteiger partial charge in [0, 0.05) is 28.2 Å². The monoisotopic (exact) mass is 637 g/mol. The number of para-hydroxylation sites is 1. The predicted octanol–water partition coefficient (Wildman–Crippen LogP) is 5.50. The molecule has 0 fully saturated rings. The largest absolute Gasteiger partial charge is 0.493 e. The number of carbonyl (C=O) groups excluding carboxylic acids is 1. The van der Waals surface area contributed by atoms with Crippen LogP contribution >= 0.6 is 11.3 Å². The molecule has 10 heteroatoms. The van der Waals surface area contributed by atoms with E-state index in [2.05, 4.69) is 0 Å². The molecule has 1 aliphatic rings. The molecule has 1 aliphatic heterocycles. The minimum Gasteiger partial charge on any atom is -0.493 e. The number of hydrogen-bond acceptors (Lipinski definition) is 7. The van der Waals surface area contributed by atoms with Crippen LogP contribution in [0.2, 0.25) is 0 Å². The molecule has 0 unspecified atom stereocenters. The van der Waals surface area contributed by atoms with E-state index in [4.69, 9.17) is 19.2 Å². The van der Waals surface area contributed by atoms with Gasteiger partial charge in [-0.1, -0.05) is 53.8 Å². The standard InChI is InChI=1S/C36H32FN3O5S/c1-6-45-35(42)30-31(23-11-8-7-9-12-23)38-36-40(32(30)27-13-10-14-28(43-4)33(27)44-5)34(41)29(46-36)20-24-19-21(2)39(22(24)3)26-17-15-25(37)16-18-26/h7-20,32H,6H2,1-5H3/b29-20-/t32-/m1/s1. The first-order valence-electron chi connectivity index (χ1n) is 14.7. The van der Waals surface area contributed by atoms with Gasteiger partial charge in [-0.05, 0) is 68.8 Å². The number of aryl methyl sites for hydroxylation is 1. The Labute approximate surface area is 269 Å². The van der Waals surface area contributed by atoms with E-state index in [1.807, 2.05) is 67.0 Å². The third-order valence-corrected chi connectivity index (χ3v) is 8.93. The number of nitrogens with zero attached hydrogens (tertiary/aromatic N) is 3. The average molecular weight is 638 g/mol. The SMILES string of the molecule is CCOC(=O)C1=C(c2ccccc2)N=c2s/c(=C\c3cc(C)n(-c4ccc(F)cc4)c3C)c(=O)n2[C@@H]1c1cccc(OC)c1OC. The van der Waals surface area contributed by atoms with E-state index >= 15 is 0 Å². The zero-order valence-electron chi connectivity index (χ0n) is 26.0. The van der Waals surface area contributed by atoms with E-state index in [1.54, 1.807) is 31.2 Å². The van der Waals surface area contributed by atoms with Crippen molar-refractivity contribution in [1.82, 2.24) is 9.13 Å². The third-order valence-electron chi connectivity index (χ3n) is 7.94. The molecule has 0 spiro atoms. The maximum Gasteiger partial charge on any atom is 0.338 e. The van der Waals surface area contributed by atoms with Crippen molar-refractivity contribution < 1.29 is 23.4 Å². The van der Waals surface area contributed by atoms with Crippen LogP contribution in [0, 0.1) is 19.7 Å². The molecule has 0 aliphatic carbocycles. The molecule has 0 saturated heterocycles. The first-order valence-corrected chi connectivity index (χ1v) is 15.5. The van der Waals surface area contributed by atoms with Crippen molar-refractivity contribution >= 4 is 29.1 Å². The van der Waals surface area contributed by atoms with E-state index in [1.165, 1.54) is 42.3 Å². The number of aromatic nitrogens is 2. The minimum absolute atomic E-state index is 0.139. The van der Waals surface area contributed by atoms with Crippen LogP contribution in [0.4, 0.5) is 4.39 Å². The fourth-order valence-corrected chi connectivity index (χ4v) is 6.92. The number of methoxy groups -OCH3 is 2. The summed E-state index contributed by atoms with van der Waals surface area (Å²) in [4.78, 5) is 33.6. The Morgan fingerprint density at radius 3 is 2.41 bits per heavy atom. The van der Waals surface area contributed by atoms with E-state index in [9.17, 15) is 14.0 Å². The van der Waals surface area contributed by atoms with Gasteiger partial charge >= 0.3 is 5.97 Å². The van der Waals surface area contributed by atoms with Gasteiger partial charge in [0.15, 0.2) is 16.3 Å². The van der Waals surface area contributed by atoms with E-state index in [0.29, 0.717) is 37.7 Å². The lowest BCUT2D eigenvalue weighted by Gasteiger charge is -2.27. The number of halogens is 1. The fraction of sp³-hybridized carbons (Fsp3) is 0.194. The van der Waals surface area contributed by atoms with Crippen molar-refractivity contribution in [3.63, 3.8) is 0 Å². The zero-order valence-corrected chi connectivity index (χ0v) is 26.9. The number of benzene rings is 3. The van der Waals surface area contributed by atoms with Gasteiger partial charge in [-0.2, -0.15) is 0 Å². The molecule has 0 radical (unpaired) electrons. The van der Waals surface area contributed by atoms with Crippen LogP contribution in [0.1, 0.15) is 41.0 Å². The van der Waals surface area contributed by atoms with Crippen LogP contribution in [-0.4, -0.2) is 35.9 Å². The highest BCUT2D eigenvalue weighted by Crippen LogP contribution is 2.42. The summed E-state index contributed by atoms with van der Waals surface area (Å²) in [5.41, 5.74) is 5.03. The van der Waals surface area contributed by atoms with Crippen molar-refractivity contribution in [1.29, 1.82) is 0 Å². The summed E-state index contributed by atoms with van der Waals surface area (Å²) >= 11 is 1.24. The first-order chi connectivity index (χ1) is 22.3. The normalized spacial score (nSPS) is 14.6. The Hall–Kier alpha value is -5.22. The molecular formula is C36H32FN3O5S. The van der Waals surface area contributed by atoms with Crippen LogP contribution in [0.3, 0.4) is 0 Å². The number of rotatable bonds is 8. The van der Waals surface area contributed by atoms with Crippen LogP contribution < -0.4 is 24.4 Å². The Morgan fingerprint density at radius 1 is 1.00 bits per heavy atom. The number of esters is 1. The molecule has 46 heavy (non-hydrogen) atoms. The Kier molecular flexibility index (Phi) is 8.46. The summed E-state index contributed by atoms with van der Waals surface area (Å²) in [6, 6.07) is 22.1. The molecule has 6 rings (SSSR count). The smallest absolute Gasteiger partial charge is 0.338 e. The van der Waals surface area contributed by atoms with Gasteiger partial charge in [0.1, 0.15) is 11.9 Å². The molecule has 1 atom stereocenters. The number of carbonyl (C=O) groups is 1. The molecule has 3 heterocycles. The van der Waals surface area contributed by atoms with Gasteiger partial charge in [-0.3, -0.25) is 9.36 Å². The van der Waals surface area contributed by atoms with E-state index in [-0.39, 0.29) is 23.6 Å². The summed E-state index contributed by atoms with van der Waals surface area (Å²) in [6.45, 7) is 5.79. The van der Waals surface area contributed by atoms with E-state index < -0.39 is 12.0 Å². The average Bonchev–Trinajstić information content (AvgIpc) is 3.53. The van der Waals surface area contributed by atoms with Gasteiger partial charge < -0.3 is 18.8 Å². The van der Waals surface area contributed by atoms with Crippen molar-refractivity contribution in [2.45, 2.75) is 26.8 Å². The molecule has 5 aromatic rings. The highest BCUT2D eigenvalue weighted by molar-refractivity contribution is 7.07. The maximum atomic E-state index is 14.4. The van der Waals surface area contributed by atoms with Gasteiger partial charge in [0.2, 0.25) is 0 Å². The Bertz CT molecular complexity index is 2160. The maximum absolute atomic E-state index is 14.4. The van der Waals surface area contributed by atoms with Gasteiger partial charge in [-0.25, -0.2) is 14.2 Å². The fourth-order valence-electron chi connectivity index (χ4n) is 5.92. The lowest BCUT2D eigenvalue weighted by molar-refractivity contribution is -0.138. The summed E-state index contributed by atoms with van der Waals surface area (Å²) in [6.07, 6.45) is 1.84. The number of hydrogen-bond donors (Lipinski definition) is 0. The summed E-state index contributed by atoms with van der Waals surface area (Å²) in [5, 5.41) is 0. The van der Waals surface area contributed by atoms with Gasteiger partial charge in [0.05, 0.1) is 36.6 Å². The summed E-state index contributed by atoms with van der Waals surface area (Å²) < 4.78 is 34.6. The van der Waals surface area contributed by atoms with E-state index in [0.717, 1.165) is 22.6 Å². The lowest BCUT2D eigenvalue weighted by Crippen LogP contribution is -2.40. The summed E-state index contributed by atoms with van der Waals surface area (Å²) in [7, 11) is 3.06. The third kappa shape index (κ3) is 5.34. The predicted molar refractivity (Wildman–Crippen MR) is 176 cm³/mol. The molecule has 234 valence electrons. The molecule has 3 aromatic carbocycles. The van der Waals surface area contributed by atoms with Crippen molar-refractivity contribution in [2.75, 3.05) is 20.8 Å².